The zero-order valence-corrected chi connectivity index (χ0v) is 7.26. The fraction of sp³-hybridized carbons (Fsp3) is 0.300. The van der Waals surface area contributed by atoms with E-state index in [0.29, 0.717) is 0 Å². The molecule has 0 radical (unpaired) electrons. The number of nitrogens with zero attached hydrogens (tertiary/aromatic N) is 1. The van der Waals surface area contributed by atoms with E-state index in [1.165, 1.54) is 0 Å². The number of pyridine rings is 1. The van der Waals surface area contributed by atoms with Crippen molar-refractivity contribution in [3.05, 3.63) is 29.6 Å². The van der Waals surface area contributed by atoms with Crippen LogP contribution >= 0.6 is 0 Å². The maximum absolute atomic E-state index is 5.14. The van der Waals surface area contributed by atoms with Crippen LogP contribution in [0.1, 0.15) is 25.1 Å². The Balaban J connectivity index is 0.000000461. The van der Waals surface area contributed by atoms with Crippen LogP contribution in [0, 0.1) is 19.3 Å². The van der Waals surface area contributed by atoms with Crippen LogP contribution in [-0.4, -0.2) is 4.98 Å². The summed E-state index contributed by atoms with van der Waals surface area (Å²) < 4.78 is 0. The molecule has 58 valence electrons. The van der Waals surface area contributed by atoms with Crippen LogP contribution in [0.3, 0.4) is 0 Å². The summed E-state index contributed by atoms with van der Waals surface area (Å²) in [6, 6.07) is 3.69. The van der Waals surface area contributed by atoms with Crippen molar-refractivity contribution < 1.29 is 0 Å². The molecule has 1 aromatic heterocycles. The Morgan fingerprint density at radius 1 is 1.45 bits per heavy atom. The zero-order chi connectivity index (χ0) is 8.69. The number of terminal acetylenes is 1. The van der Waals surface area contributed by atoms with Crippen molar-refractivity contribution >= 4 is 0 Å². The minimum absolute atomic E-state index is 0.891. The highest BCUT2D eigenvalue weighted by atomic mass is 14.6. The predicted molar refractivity (Wildman–Crippen MR) is 48.3 cm³/mol. The van der Waals surface area contributed by atoms with Crippen LogP contribution in [0.15, 0.2) is 18.3 Å². The monoisotopic (exact) mass is 147 g/mol. The first-order valence-corrected chi connectivity index (χ1v) is 3.72. The van der Waals surface area contributed by atoms with Crippen LogP contribution in [0.25, 0.3) is 0 Å². The lowest BCUT2D eigenvalue weighted by Crippen LogP contribution is -1.79. The van der Waals surface area contributed by atoms with E-state index in [4.69, 9.17) is 6.42 Å². The fourth-order valence-corrected chi connectivity index (χ4v) is 0.635. The van der Waals surface area contributed by atoms with Gasteiger partial charge in [-0.3, -0.25) is 4.98 Å². The third-order valence-corrected chi connectivity index (χ3v) is 1.06. The van der Waals surface area contributed by atoms with E-state index in [-0.39, 0.29) is 0 Å². The minimum atomic E-state index is 0.891. The van der Waals surface area contributed by atoms with Gasteiger partial charge in [0.25, 0.3) is 0 Å². The van der Waals surface area contributed by atoms with Crippen LogP contribution < -0.4 is 0 Å². The van der Waals surface area contributed by atoms with Gasteiger partial charge in [0.1, 0.15) is 0 Å². The second kappa shape index (κ2) is 5.49. The predicted octanol–water partition coefficient (Wildman–Crippen LogP) is 2.40. The average Bonchev–Trinajstić information content (AvgIpc) is 2.08. The number of aryl methyl sites for hydroxylation is 1. The molecule has 1 nitrogen and oxygen atoms in total. The molecule has 0 atom stereocenters. The molecule has 0 amide bonds. The van der Waals surface area contributed by atoms with Gasteiger partial charge in [-0.2, -0.15) is 0 Å². The third-order valence-electron chi connectivity index (χ3n) is 1.06. The molecular weight excluding hydrogens is 134 g/mol. The Kier molecular flexibility index (Phi) is 4.85. The SMILES string of the molecule is C#Cc1ccnc(C)c1.CC. The van der Waals surface area contributed by atoms with Crippen molar-refractivity contribution in [2.75, 3.05) is 0 Å². The van der Waals surface area contributed by atoms with Crippen molar-refractivity contribution in [3.8, 4) is 12.3 Å². The van der Waals surface area contributed by atoms with Crippen molar-refractivity contribution in [2.45, 2.75) is 20.8 Å². The summed E-state index contributed by atoms with van der Waals surface area (Å²) in [4.78, 5) is 3.99. The maximum Gasteiger partial charge on any atom is 0.0385 e. The van der Waals surface area contributed by atoms with E-state index in [2.05, 4.69) is 10.9 Å². The molecule has 0 aliphatic carbocycles. The zero-order valence-electron chi connectivity index (χ0n) is 7.26. The Labute approximate surface area is 68.5 Å². The lowest BCUT2D eigenvalue weighted by molar-refractivity contribution is 1.19. The molecule has 0 fully saturated rings. The molecule has 0 aromatic carbocycles. The molecule has 1 heterocycles. The molecule has 0 saturated heterocycles. The summed E-state index contributed by atoms with van der Waals surface area (Å²) in [7, 11) is 0. The highest BCUT2D eigenvalue weighted by Gasteiger charge is 1.85. The van der Waals surface area contributed by atoms with Crippen molar-refractivity contribution in [1.82, 2.24) is 4.98 Å². The third kappa shape index (κ3) is 3.42. The Morgan fingerprint density at radius 3 is 2.45 bits per heavy atom. The van der Waals surface area contributed by atoms with Gasteiger partial charge in [0.2, 0.25) is 0 Å². The molecule has 0 aliphatic heterocycles. The number of hydrogen-bond donors (Lipinski definition) is 0. The fourth-order valence-electron chi connectivity index (χ4n) is 0.635. The second-order valence-electron chi connectivity index (χ2n) is 1.83. The Hall–Kier alpha value is -1.29. The quantitative estimate of drug-likeness (QED) is 0.513. The van der Waals surface area contributed by atoms with Gasteiger partial charge in [0.05, 0.1) is 0 Å². The second-order valence-corrected chi connectivity index (χ2v) is 1.83. The first-order valence-electron chi connectivity index (χ1n) is 3.72. The molecule has 0 unspecified atom stereocenters. The molecule has 0 N–H and O–H groups in total. The maximum atomic E-state index is 5.14. The normalized spacial score (nSPS) is 7.45. The van der Waals surface area contributed by atoms with Crippen molar-refractivity contribution in [3.63, 3.8) is 0 Å². The molecule has 0 bridgehead atoms. The number of hydrogen-bond acceptors (Lipinski definition) is 1. The smallest absolute Gasteiger partial charge is 0.0385 e. The van der Waals surface area contributed by atoms with E-state index in [0.717, 1.165) is 11.3 Å². The van der Waals surface area contributed by atoms with E-state index >= 15 is 0 Å². The minimum Gasteiger partial charge on any atom is -0.262 e. The van der Waals surface area contributed by atoms with E-state index < -0.39 is 0 Å². The lowest BCUT2D eigenvalue weighted by atomic mass is 10.2. The summed E-state index contributed by atoms with van der Waals surface area (Å²) in [5.41, 5.74) is 1.85. The van der Waals surface area contributed by atoms with E-state index in [9.17, 15) is 0 Å². The summed E-state index contributed by atoms with van der Waals surface area (Å²) in [6.45, 7) is 5.92. The van der Waals surface area contributed by atoms with Crippen molar-refractivity contribution in [1.29, 1.82) is 0 Å². The largest absolute Gasteiger partial charge is 0.262 e. The van der Waals surface area contributed by atoms with Gasteiger partial charge in [0, 0.05) is 17.5 Å². The van der Waals surface area contributed by atoms with Crippen LogP contribution in [0.5, 0.6) is 0 Å². The van der Waals surface area contributed by atoms with Gasteiger partial charge in [-0.25, -0.2) is 0 Å². The number of rotatable bonds is 0. The van der Waals surface area contributed by atoms with E-state index in [1.54, 1.807) is 6.20 Å². The summed E-state index contributed by atoms with van der Waals surface area (Å²) in [6.07, 6.45) is 6.85. The van der Waals surface area contributed by atoms with Gasteiger partial charge in [-0.1, -0.05) is 19.8 Å². The summed E-state index contributed by atoms with van der Waals surface area (Å²) >= 11 is 0. The Bertz CT molecular complexity index is 245. The molecule has 1 heteroatoms. The van der Waals surface area contributed by atoms with Gasteiger partial charge >= 0.3 is 0 Å². The standard InChI is InChI=1S/C8H7N.C2H6/c1-3-8-4-5-9-7(2)6-8;1-2/h1,4-6H,2H3;1-2H3. The molecule has 0 saturated carbocycles. The van der Waals surface area contributed by atoms with E-state index in [1.807, 2.05) is 32.9 Å². The van der Waals surface area contributed by atoms with Gasteiger partial charge in [0.15, 0.2) is 0 Å². The molecule has 0 spiro atoms. The average molecular weight is 147 g/mol. The molecule has 1 rings (SSSR count). The topological polar surface area (TPSA) is 12.9 Å². The Morgan fingerprint density at radius 2 is 2.09 bits per heavy atom. The lowest BCUT2D eigenvalue weighted by Gasteiger charge is -1.89. The number of aromatic nitrogens is 1. The van der Waals surface area contributed by atoms with Crippen LogP contribution in [0.4, 0.5) is 0 Å². The molecule has 0 aliphatic rings. The first kappa shape index (κ1) is 9.71. The molecule has 11 heavy (non-hydrogen) atoms. The molecular formula is C10H13N. The van der Waals surface area contributed by atoms with Crippen LogP contribution in [-0.2, 0) is 0 Å². The molecule has 1 aromatic rings. The highest BCUT2D eigenvalue weighted by molar-refractivity contribution is 5.31. The van der Waals surface area contributed by atoms with Crippen molar-refractivity contribution in [2.24, 2.45) is 0 Å². The first-order chi connectivity index (χ1) is 5.33. The van der Waals surface area contributed by atoms with Gasteiger partial charge in [-0.05, 0) is 19.1 Å². The van der Waals surface area contributed by atoms with Gasteiger partial charge in [-0.15, -0.1) is 6.42 Å². The highest BCUT2D eigenvalue weighted by Crippen LogP contribution is 1.96. The summed E-state index contributed by atoms with van der Waals surface area (Å²) in [5.74, 6) is 2.53. The summed E-state index contributed by atoms with van der Waals surface area (Å²) in [5, 5.41) is 0. The van der Waals surface area contributed by atoms with Gasteiger partial charge < -0.3 is 0 Å². The van der Waals surface area contributed by atoms with Crippen LogP contribution in [0.2, 0.25) is 0 Å².